The van der Waals surface area contributed by atoms with Gasteiger partial charge in [-0.05, 0) is 43.0 Å². The average Bonchev–Trinajstić information content (AvgIpc) is 2.67. The molecule has 3 N–H and O–H groups in total. The third-order valence-corrected chi connectivity index (χ3v) is 3.94. The predicted octanol–water partition coefficient (Wildman–Crippen LogP) is 2.89. The van der Waals surface area contributed by atoms with Crippen LogP contribution in [0.2, 0.25) is 0 Å². The van der Waals surface area contributed by atoms with Crippen molar-refractivity contribution < 1.29 is 0 Å². The van der Waals surface area contributed by atoms with Crippen LogP contribution in [0.4, 0.5) is 0 Å². The number of imidazole rings is 1. The van der Waals surface area contributed by atoms with Crippen molar-refractivity contribution >= 4 is 11.0 Å². The van der Waals surface area contributed by atoms with Gasteiger partial charge in [0.15, 0.2) is 0 Å². The van der Waals surface area contributed by atoms with Gasteiger partial charge in [0, 0.05) is 5.92 Å². The second-order valence-corrected chi connectivity index (χ2v) is 5.16. The zero-order valence-electron chi connectivity index (χ0n) is 10.2. The van der Waals surface area contributed by atoms with Crippen LogP contribution in [-0.4, -0.2) is 16.5 Å². The number of aromatic nitrogens is 2. The molecule has 0 bridgehead atoms. The van der Waals surface area contributed by atoms with E-state index in [1.807, 2.05) is 0 Å². The van der Waals surface area contributed by atoms with E-state index in [-0.39, 0.29) is 0 Å². The first-order valence-corrected chi connectivity index (χ1v) is 6.47. The van der Waals surface area contributed by atoms with Crippen molar-refractivity contribution in [3.8, 4) is 0 Å². The van der Waals surface area contributed by atoms with Crippen molar-refractivity contribution in [1.29, 1.82) is 0 Å². The Kier molecular flexibility index (Phi) is 2.63. The maximum atomic E-state index is 5.71. The number of H-pyrrole nitrogens is 1. The van der Waals surface area contributed by atoms with Gasteiger partial charge in [-0.1, -0.05) is 19.4 Å². The van der Waals surface area contributed by atoms with E-state index in [1.54, 1.807) is 0 Å². The first kappa shape index (κ1) is 10.8. The van der Waals surface area contributed by atoms with Crippen LogP contribution in [-0.2, 0) is 0 Å². The van der Waals surface area contributed by atoms with Gasteiger partial charge in [-0.25, -0.2) is 4.98 Å². The molecule has 1 heterocycles. The predicted molar refractivity (Wildman–Crippen MR) is 70.2 cm³/mol. The molecule has 0 aliphatic heterocycles. The lowest BCUT2D eigenvalue weighted by molar-refractivity contribution is 0.405. The van der Waals surface area contributed by atoms with E-state index >= 15 is 0 Å². The molecule has 90 valence electrons. The van der Waals surface area contributed by atoms with Gasteiger partial charge < -0.3 is 10.7 Å². The number of hydrogen-bond donors (Lipinski definition) is 2. The fourth-order valence-corrected chi connectivity index (χ4v) is 2.36. The van der Waals surface area contributed by atoms with Gasteiger partial charge in [-0.2, -0.15) is 0 Å². The van der Waals surface area contributed by atoms with E-state index in [4.69, 9.17) is 5.73 Å². The summed E-state index contributed by atoms with van der Waals surface area (Å²) >= 11 is 0. The summed E-state index contributed by atoms with van der Waals surface area (Å²) in [5.74, 6) is 2.25. The van der Waals surface area contributed by atoms with Gasteiger partial charge in [0.25, 0.3) is 0 Å². The summed E-state index contributed by atoms with van der Waals surface area (Å²) in [6, 6.07) is 6.45. The molecule has 1 aromatic carbocycles. The highest BCUT2D eigenvalue weighted by atomic mass is 14.9. The number of fused-ring (bicyclic) bond motifs is 1. The smallest absolute Gasteiger partial charge is 0.110 e. The highest BCUT2D eigenvalue weighted by Gasteiger charge is 2.22. The standard InChI is InChI=1S/C14H19N3/c1-9(8-15)11-5-6-12-13(7-11)17-14(16-12)10-3-2-4-10/h5-7,9-10H,2-4,8,15H2,1H3,(H,16,17). The SMILES string of the molecule is CC(CN)c1ccc2nc(C3CCC3)[nH]c2c1. The third-order valence-electron chi connectivity index (χ3n) is 3.94. The van der Waals surface area contributed by atoms with Crippen molar-refractivity contribution in [2.45, 2.75) is 38.0 Å². The molecule has 1 aliphatic rings. The Morgan fingerprint density at radius 1 is 1.47 bits per heavy atom. The molecule has 2 aromatic rings. The molecule has 0 spiro atoms. The number of rotatable bonds is 3. The number of benzene rings is 1. The van der Waals surface area contributed by atoms with Crippen LogP contribution in [0.5, 0.6) is 0 Å². The summed E-state index contributed by atoms with van der Waals surface area (Å²) in [6.45, 7) is 2.85. The average molecular weight is 229 g/mol. The highest BCUT2D eigenvalue weighted by molar-refractivity contribution is 5.76. The second-order valence-electron chi connectivity index (χ2n) is 5.16. The Morgan fingerprint density at radius 3 is 2.94 bits per heavy atom. The molecule has 0 amide bonds. The van der Waals surface area contributed by atoms with Crippen LogP contribution in [0.3, 0.4) is 0 Å². The maximum Gasteiger partial charge on any atom is 0.110 e. The summed E-state index contributed by atoms with van der Waals surface area (Å²) in [6.07, 6.45) is 3.91. The number of nitrogens with one attached hydrogen (secondary N) is 1. The fraction of sp³-hybridized carbons (Fsp3) is 0.500. The van der Waals surface area contributed by atoms with E-state index in [2.05, 4.69) is 35.1 Å². The van der Waals surface area contributed by atoms with Crippen LogP contribution in [0.15, 0.2) is 18.2 Å². The van der Waals surface area contributed by atoms with Crippen molar-refractivity contribution in [3.05, 3.63) is 29.6 Å². The topological polar surface area (TPSA) is 54.7 Å². The van der Waals surface area contributed by atoms with Crippen LogP contribution in [0, 0.1) is 0 Å². The quantitative estimate of drug-likeness (QED) is 0.850. The van der Waals surface area contributed by atoms with E-state index in [0.717, 1.165) is 11.0 Å². The van der Waals surface area contributed by atoms with Gasteiger partial charge in [0.1, 0.15) is 5.82 Å². The summed E-state index contributed by atoms with van der Waals surface area (Å²) < 4.78 is 0. The van der Waals surface area contributed by atoms with E-state index in [9.17, 15) is 0 Å². The van der Waals surface area contributed by atoms with Crippen molar-refractivity contribution in [2.24, 2.45) is 5.73 Å². The molecule has 1 saturated carbocycles. The minimum atomic E-state index is 0.412. The Bertz CT molecular complexity index is 522. The Labute approximate surface area is 101 Å². The molecular formula is C14H19N3. The van der Waals surface area contributed by atoms with E-state index < -0.39 is 0 Å². The zero-order chi connectivity index (χ0) is 11.8. The molecule has 3 heteroatoms. The molecule has 17 heavy (non-hydrogen) atoms. The molecule has 1 aliphatic carbocycles. The number of nitrogens with zero attached hydrogens (tertiary/aromatic N) is 1. The lowest BCUT2D eigenvalue weighted by Gasteiger charge is -2.22. The van der Waals surface area contributed by atoms with Gasteiger partial charge in [0.2, 0.25) is 0 Å². The number of hydrogen-bond acceptors (Lipinski definition) is 2. The lowest BCUT2D eigenvalue weighted by atomic mass is 9.85. The van der Waals surface area contributed by atoms with Gasteiger partial charge >= 0.3 is 0 Å². The highest BCUT2D eigenvalue weighted by Crippen LogP contribution is 2.35. The summed E-state index contributed by atoms with van der Waals surface area (Å²) in [5.41, 5.74) is 9.24. The van der Waals surface area contributed by atoms with Crippen LogP contribution < -0.4 is 5.73 Å². The van der Waals surface area contributed by atoms with Crippen LogP contribution >= 0.6 is 0 Å². The normalized spacial score (nSPS) is 18.2. The van der Waals surface area contributed by atoms with Gasteiger partial charge in [-0.3, -0.25) is 0 Å². The zero-order valence-corrected chi connectivity index (χ0v) is 10.2. The van der Waals surface area contributed by atoms with Crippen molar-refractivity contribution in [3.63, 3.8) is 0 Å². The summed E-state index contributed by atoms with van der Waals surface area (Å²) in [5, 5.41) is 0. The lowest BCUT2D eigenvalue weighted by Crippen LogP contribution is -2.10. The maximum absolute atomic E-state index is 5.71. The third kappa shape index (κ3) is 1.84. The minimum Gasteiger partial charge on any atom is -0.342 e. The molecule has 0 saturated heterocycles. The van der Waals surface area contributed by atoms with E-state index in [1.165, 1.54) is 30.7 Å². The largest absolute Gasteiger partial charge is 0.342 e. The number of nitrogens with two attached hydrogens (primary N) is 1. The molecule has 1 aromatic heterocycles. The van der Waals surface area contributed by atoms with E-state index in [0.29, 0.717) is 18.4 Å². The van der Waals surface area contributed by atoms with Crippen LogP contribution in [0.25, 0.3) is 11.0 Å². The Morgan fingerprint density at radius 2 is 2.29 bits per heavy atom. The monoisotopic (exact) mass is 229 g/mol. The molecular weight excluding hydrogens is 210 g/mol. The summed E-state index contributed by atoms with van der Waals surface area (Å²) in [4.78, 5) is 8.14. The van der Waals surface area contributed by atoms with Crippen molar-refractivity contribution in [1.82, 2.24) is 9.97 Å². The molecule has 3 nitrogen and oxygen atoms in total. The minimum absolute atomic E-state index is 0.412. The first-order chi connectivity index (χ1) is 8.28. The molecule has 1 fully saturated rings. The van der Waals surface area contributed by atoms with Crippen molar-refractivity contribution in [2.75, 3.05) is 6.54 Å². The molecule has 0 radical (unpaired) electrons. The molecule has 3 rings (SSSR count). The molecule has 1 atom stereocenters. The van der Waals surface area contributed by atoms with Gasteiger partial charge in [0.05, 0.1) is 11.0 Å². The van der Waals surface area contributed by atoms with Crippen LogP contribution in [0.1, 0.15) is 49.4 Å². The Balaban J connectivity index is 1.98. The molecule has 1 unspecified atom stereocenters. The fourth-order valence-electron chi connectivity index (χ4n) is 2.36. The Hall–Kier alpha value is -1.35. The summed E-state index contributed by atoms with van der Waals surface area (Å²) in [7, 11) is 0. The first-order valence-electron chi connectivity index (χ1n) is 6.47. The second kappa shape index (κ2) is 4.15. The number of aromatic amines is 1. The van der Waals surface area contributed by atoms with Gasteiger partial charge in [-0.15, -0.1) is 0 Å².